The van der Waals surface area contributed by atoms with E-state index >= 15 is 0 Å². The van der Waals surface area contributed by atoms with Crippen LogP contribution in [0.25, 0.3) is 0 Å². The number of rotatable bonds is 13. The van der Waals surface area contributed by atoms with Crippen LogP contribution in [0.5, 0.6) is 0 Å². The van der Waals surface area contributed by atoms with Gasteiger partial charge in [0.1, 0.15) is 0 Å². The molecule has 0 aromatic heterocycles. The number of carbonyl (C=O) groups excluding carboxylic acids is 1. The summed E-state index contributed by atoms with van der Waals surface area (Å²) in [7, 11) is 0. The molecule has 0 aliphatic heterocycles. The van der Waals surface area contributed by atoms with E-state index in [0.29, 0.717) is 12.8 Å². The quantitative estimate of drug-likeness (QED) is 0.378. The van der Waals surface area contributed by atoms with Crippen LogP contribution in [0.3, 0.4) is 0 Å². The molecule has 0 amide bonds. The predicted molar refractivity (Wildman–Crippen MR) is 72.1 cm³/mol. The summed E-state index contributed by atoms with van der Waals surface area (Å²) in [6.45, 7) is 2.22. The summed E-state index contributed by atoms with van der Waals surface area (Å²) in [5.74, 6) is -1.02. The Morgan fingerprint density at radius 1 is 0.947 bits per heavy atom. The Morgan fingerprint density at radius 2 is 1.42 bits per heavy atom. The summed E-state index contributed by atoms with van der Waals surface area (Å²) in [5, 5.41) is 19.8. The molecule has 0 radical (unpaired) electrons. The first kappa shape index (κ1) is 22.3. The average molecular weight is 296 g/mol. The third-order valence-electron chi connectivity index (χ3n) is 3.31. The van der Waals surface area contributed by atoms with Crippen LogP contribution in [0.1, 0.15) is 84.0 Å². The smallest absolute Gasteiger partial charge is 0.550 e. The largest absolute Gasteiger partial charge is 1.00 e. The second-order valence-electron chi connectivity index (χ2n) is 5.18. The van der Waals surface area contributed by atoms with Gasteiger partial charge < -0.3 is 15.0 Å². The van der Waals surface area contributed by atoms with E-state index in [9.17, 15) is 15.0 Å². The van der Waals surface area contributed by atoms with Gasteiger partial charge in [-0.25, -0.2) is 0 Å². The molecule has 19 heavy (non-hydrogen) atoms. The molecule has 108 valence electrons. The third-order valence-corrected chi connectivity index (χ3v) is 3.31. The van der Waals surface area contributed by atoms with Gasteiger partial charge in [-0.05, 0) is 25.7 Å². The van der Waals surface area contributed by atoms with Crippen LogP contribution < -0.4 is 56.5 Å². The fourth-order valence-corrected chi connectivity index (χ4v) is 2.14. The average Bonchev–Trinajstić information content (AvgIpc) is 2.32. The van der Waals surface area contributed by atoms with Gasteiger partial charge in [0.2, 0.25) is 0 Å². The summed E-state index contributed by atoms with van der Waals surface area (Å²) in [4.78, 5) is 10.2. The monoisotopic (exact) mass is 296 g/mol. The molecular formula is C15H29KO3. The molecule has 0 aromatic carbocycles. The van der Waals surface area contributed by atoms with Crippen molar-refractivity contribution in [3.05, 3.63) is 0 Å². The van der Waals surface area contributed by atoms with Gasteiger partial charge in [-0.2, -0.15) is 0 Å². The molecule has 0 fully saturated rings. The molecule has 0 bridgehead atoms. The first-order valence-corrected chi connectivity index (χ1v) is 7.54. The fraction of sp³-hybridized carbons (Fsp3) is 0.933. The van der Waals surface area contributed by atoms with Gasteiger partial charge in [-0.3, -0.25) is 0 Å². The van der Waals surface area contributed by atoms with Crippen LogP contribution in [0.15, 0.2) is 0 Å². The molecule has 0 rings (SSSR count). The van der Waals surface area contributed by atoms with E-state index in [1.165, 1.54) is 44.9 Å². The Balaban J connectivity index is 0. The number of hydrogen-bond donors (Lipinski definition) is 1. The first-order valence-electron chi connectivity index (χ1n) is 7.54. The van der Waals surface area contributed by atoms with Crippen LogP contribution >= 0.6 is 0 Å². The van der Waals surface area contributed by atoms with E-state index < -0.39 is 5.97 Å². The molecule has 1 N–H and O–H groups in total. The van der Waals surface area contributed by atoms with Crippen molar-refractivity contribution in [3.63, 3.8) is 0 Å². The Morgan fingerprint density at radius 3 is 1.95 bits per heavy atom. The van der Waals surface area contributed by atoms with E-state index in [-0.39, 0.29) is 63.9 Å². The summed E-state index contributed by atoms with van der Waals surface area (Å²) in [6, 6.07) is 0. The Labute approximate surface area is 161 Å². The number of hydrogen-bond acceptors (Lipinski definition) is 3. The number of carboxylic acids is 1. The summed E-state index contributed by atoms with van der Waals surface area (Å²) in [6.07, 6.45) is 11.8. The number of unbranched alkanes of at least 4 members (excludes halogenated alkanes) is 7. The van der Waals surface area contributed by atoms with Gasteiger partial charge in [0.05, 0.1) is 6.10 Å². The minimum absolute atomic E-state index is 0. The zero-order valence-corrected chi connectivity index (χ0v) is 15.9. The van der Waals surface area contributed by atoms with Crippen LogP contribution in [0.4, 0.5) is 0 Å². The minimum atomic E-state index is -1.02. The molecule has 3 nitrogen and oxygen atoms in total. The minimum Gasteiger partial charge on any atom is -0.550 e. The number of aliphatic hydroxyl groups excluding tert-OH is 1. The van der Waals surface area contributed by atoms with Crippen molar-refractivity contribution in [2.24, 2.45) is 0 Å². The molecule has 0 aliphatic carbocycles. The maximum atomic E-state index is 10.2. The fourth-order valence-electron chi connectivity index (χ4n) is 2.14. The summed E-state index contributed by atoms with van der Waals surface area (Å²) >= 11 is 0. The molecule has 0 aromatic rings. The maximum Gasteiger partial charge on any atom is 1.00 e. The molecule has 0 aliphatic rings. The van der Waals surface area contributed by atoms with Crippen molar-refractivity contribution >= 4 is 5.97 Å². The molecule has 0 saturated heterocycles. The topological polar surface area (TPSA) is 60.4 Å². The van der Waals surface area contributed by atoms with Crippen LogP contribution in [-0.2, 0) is 4.79 Å². The van der Waals surface area contributed by atoms with Crippen LogP contribution in [0, 0.1) is 0 Å². The molecule has 0 spiro atoms. The second kappa shape index (κ2) is 17.1. The van der Waals surface area contributed by atoms with E-state index in [0.717, 1.165) is 12.8 Å². The first-order chi connectivity index (χ1) is 8.66. The van der Waals surface area contributed by atoms with Crippen molar-refractivity contribution in [3.8, 4) is 0 Å². The second-order valence-corrected chi connectivity index (χ2v) is 5.18. The normalized spacial score (nSPS) is 11.9. The number of carbonyl (C=O) groups is 1. The van der Waals surface area contributed by atoms with Gasteiger partial charge in [-0.15, -0.1) is 0 Å². The van der Waals surface area contributed by atoms with Gasteiger partial charge >= 0.3 is 51.4 Å². The van der Waals surface area contributed by atoms with Gasteiger partial charge in [-0.1, -0.05) is 58.3 Å². The number of carboxylic acid groups (broad SMARTS) is 1. The molecule has 0 saturated carbocycles. The van der Waals surface area contributed by atoms with E-state index in [1.807, 2.05) is 0 Å². The molecular weight excluding hydrogens is 267 g/mol. The molecule has 1 atom stereocenters. The van der Waals surface area contributed by atoms with Crippen molar-refractivity contribution in [2.75, 3.05) is 0 Å². The Hall–Kier alpha value is 1.07. The van der Waals surface area contributed by atoms with Crippen LogP contribution in [-0.4, -0.2) is 17.2 Å². The van der Waals surface area contributed by atoms with Gasteiger partial charge in [0, 0.05) is 5.97 Å². The molecule has 0 heterocycles. The molecule has 1 unspecified atom stereocenters. The van der Waals surface area contributed by atoms with E-state index in [1.54, 1.807) is 0 Å². The summed E-state index contributed by atoms with van der Waals surface area (Å²) in [5.41, 5.74) is 0. The zero-order chi connectivity index (χ0) is 13.6. The predicted octanol–water partition coefficient (Wildman–Crippen LogP) is -0.198. The number of aliphatic carboxylic acids is 1. The third kappa shape index (κ3) is 19.1. The van der Waals surface area contributed by atoms with Crippen molar-refractivity contribution in [1.82, 2.24) is 0 Å². The van der Waals surface area contributed by atoms with E-state index in [2.05, 4.69) is 6.92 Å². The van der Waals surface area contributed by atoms with E-state index in [4.69, 9.17) is 0 Å². The Kier molecular flexibility index (Phi) is 20.1. The van der Waals surface area contributed by atoms with Gasteiger partial charge in [0.25, 0.3) is 0 Å². The SMILES string of the molecule is CCCCCCCCCCC(O)CCCC(=O)[O-].[K+]. The Bertz CT molecular complexity index is 198. The van der Waals surface area contributed by atoms with Crippen molar-refractivity contribution in [1.29, 1.82) is 0 Å². The number of aliphatic hydroxyl groups is 1. The standard InChI is InChI=1S/C15H30O3.K/c1-2-3-4-5-6-7-8-9-11-14(16)12-10-13-15(17)18;/h14,16H,2-13H2,1H3,(H,17,18);/q;+1/p-1. The summed E-state index contributed by atoms with van der Waals surface area (Å²) < 4.78 is 0. The van der Waals surface area contributed by atoms with Crippen LogP contribution in [0.2, 0.25) is 0 Å². The van der Waals surface area contributed by atoms with Gasteiger partial charge in [0.15, 0.2) is 0 Å². The zero-order valence-electron chi connectivity index (χ0n) is 12.8. The van der Waals surface area contributed by atoms with Crippen molar-refractivity contribution < 1.29 is 66.4 Å². The van der Waals surface area contributed by atoms with Crippen molar-refractivity contribution in [2.45, 2.75) is 90.1 Å². The molecule has 4 heteroatoms. The maximum absolute atomic E-state index is 10.2.